The molecule has 11 heteroatoms. The molecule has 2 fully saturated rings. The van der Waals surface area contributed by atoms with Crippen LogP contribution in [0.3, 0.4) is 0 Å². The third kappa shape index (κ3) is 5.54. The molecule has 2 aliphatic rings. The van der Waals surface area contributed by atoms with Crippen molar-refractivity contribution < 1.29 is 14.3 Å². The lowest BCUT2D eigenvalue weighted by Gasteiger charge is -2.36. The second-order valence-electron chi connectivity index (χ2n) is 8.58. The fraction of sp³-hybridized carbons (Fsp3) is 0.478. The minimum atomic E-state index is -0.415. The molecule has 0 aliphatic carbocycles. The average Bonchev–Trinajstić information content (AvgIpc) is 3.34. The molecule has 2 N–H and O–H groups in total. The molecule has 2 aromatic rings. The van der Waals surface area contributed by atoms with Crippen LogP contribution in [0.1, 0.15) is 41.1 Å². The number of methoxy groups -OCH3 is 1. The number of nitrogens with one attached hydrogen (secondary N) is 2. The van der Waals surface area contributed by atoms with Crippen molar-refractivity contribution in [2.45, 2.75) is 31.2 Å². The Morgan fingerprint density at radius 3 is 2.65 bits per heavy atom. The van der Waals surface area contributed by atoms with Gasteiger partial charge in [-0.05, 0) is 56.5 Å². The first-order chi connectivity index (χ1) is 16.4. The van der Waals surface area contributed by atoms with Crippen LogP contribution >= 0.6 is 23.2 Å². The highest BCUT2D eigenvalue weighted by atomic mass is 35.5. The van der Waals surface area contributed by atoms with E-state index in [0.29, 0.717) is 40.6 Å². The molecule has 0 saturated carbocycles. The molecular formula is C23H27Cl2N5O4. The SMILES string of the molecule is COc1[nH]c(=O)ncc1C1CCN(C2CCN(C(=O)CNC(=O)c3ccc(Cl)c(Cl)c3)C2)CC1. The monoisotopic (exact) mass is 507 g/mol. The number of amides is 2. The summed E-state index contributed by atoms with van der Waals surface area (Å²) in [5, 5.41) is 3.33. The maximum Gasteiger partial charge on any atom is 0.347 e. The van der Waals surface area contributed by atoms with Gasteiger partial charge in [0, 0.05) is 36.5 Å². The van der Waals surface area contributed by atoms with Gasteiger partial charge in [-0.15, -0.1) is 0 Å². The third-order valence-corrected chi connectivity index (χ3v) is 7.33. The van der Waals surface area contributed by atoms with Crippen molar-refractivity contribution in [1.82, 2.24) is 25.1 Å². The number of nitrogens with zero attached hydrogens (tertiary/aromatic N) is 3. The van der Waals surface area contributed by atoms with E-state index in [4.69, 9.17) is 27.9 Å². The van der Waals surface area contributed by atoms with Crippen LogP contribution in [0.5, 0.6) is 5.88 Å². The van der Waals surface area contributed by atoms with Crippen LogP contribution in [-0.4, -0.2) is 77.5 Å². The topological polar surface area (TPSA) is 108 Å². The number of hydrogen-bond acceptors (Lipinski definition) is 6. The van der Waals surface area contributed by atoms with E-state index in [1.165, 1.54) is 6.07 Å². The Labute approximate surface area is 207 Å². The lowest BCUT2D eigenvalue weighted by Crippen LogP contribution is -2.44. The van der Waals surface area contributed by atoms with Gasteiger partial charge in [-0.25, -0.2) is 9.78 Å². The summed E-state index contributed by atoms with van der Waals surface area (Å²) in [5.41, 5.74) is 0.878. The first-order valence-corrected chi connectivity index (χ1v) is 12.0. The van der Waals surface area contributed by atoms with Crippen molar-refractivity contribution in [2.75, 3.05) is 39.8 Å². The second-order valence-corrected chi connectivity index (χ2v) is 9.40. The Kier molecular flexibility index (Phi) is 7.75. The van der Waals surface area contributed by atoms with E-state index in [9.17, 15) is 14.4 Å². The van der Waals surface area contributed by atoms with E-state index in [1.807, 2.05) is 0 Å². The Morgan fingerprint density at radius 1 is 1.18 bits per heavy atom. The Bertz CT molecular complexity index is 1120. The molecule has 2 amide bonds. The van der Waals surface area contributed by atoms with Crippen molar-refractivity contribution in [3.05, 3.63) is 56.1 Å². The molecule has 3 heterocycles. The number of halogens is 2. The van der Waals surface area contributed by atoms with Crippen LogP contribution in [0.2, 0.25) is 10.0 Å². The number of carbonyl (C=O) groups excluding carboxylic acids is 2. The van der Waals surface area contributed by atoms with Gasteiger partial charge in [-0.2, -0.15) is 0 Å². The third-order valence-electron chi connectivity index (χ3n) is 6.59. The van der Waals surface area contributed by atoms with E-state index in [0.717, 1.165) is 37.9 Å². The van der Waals surface area contributed by atoms with Gasteiger partial charge in [0.1, 0.15) is 0 Å². The van der Waals surface area contributed by atoms with Crippen LogP contribution in [-0.2, 0) is 4.79 Å². The maximum absolute atomic E-state index is 12.7. The predicted molar refractivity (Wildman–Crippen MR) is 129 cm³/mol. The zero-order chi connectivity index (χ0) is 24.2. The fourth-order valence-electron chi connectivity index (χ4n) is 4.70. The largest absolute Gasteiger partial charge is 0.482 e. The van der Waals surface area contributed by atoms with E-state index in [-0.39, 0.29) is 24.3 Å². The molecule has 1 aromatic carbocycles. The molecule has 9 nitrogen and oxygen atoms in total. The lowest BCUT2D eigenvalue weighted by molar-refractivity contribution is -0.129. The van der Waals surface area contributed by atoms with Gasteiger partial charge >= 0.3 is 5.69 Å². The molecule has 34 heavy (non-hydrogen) atoms. The summed E-state index contributed by atoms with van der Waals surface area (Å²) in [7, 11) is 1.54. The van der Waals surface area contributed by atoms with Crippen LogP contribution in [0.25, 0.3) is 0 Å². The minimum Gasteiger partial charge on any atom is -0.482 e. The highest BCUT2D eigenvalue weighted by molar-refractivity contribution is 6.42. The molecule has 2 aliphatic heterocycles. The molecule has 0 bridgehead atoms. The Balaban J connectivity index is 1.25. The molecule has 182 valence electrons. The number of H-pyrrole nitrogens is 1. The number of hydrogen-bond donors (Lipinski definition) is 2. The number of aromatic nitrogens is 2. The molecule has 1 aromatic heterocycles. The summed E-state index contributed by atoms with van der Waals surface area (Å²) in [6, 6.07) is 4.91. The number of aromatic amines is 1. The van der Waals surface area contributed by atoms with Gasteiger partial charge < -0.3 is 15.0 Å². The van der Waals surface area contributed by atoms with E-state index < -0.39 is 5.69 Å². The first kappa shape index (κ1) is 24.5. The van der Waals surface area contributed by atoms with E-state index in [2.05, 4.69) is 20.2 Å². The Morgan fingerprint density at radius 2 is 1.94 bits per heavy atom. The zero-order valence-electron chi connectivity index (χ0n) is 18.9. The number of ether oxygens (including phenoxy) is 1. The van der Waals surface area contributed by atoms with Gasteiger partial charge in [0.25, 0.3) is 5.91 Å². The summed E-state index contributed by atoms with van der Waals surface area (Å²) in [6.07, 6.45) is 4.36. The molecule has 0 spiro atoms. The quantitative estimate of drug-likeness (QED) is 0.620. The fourth-order valence-corrected chi connectivity index (χ4v) is 5.00. The highest BCUT2D eigenvalue weighted by Gasteiger charge is 2.33. The van der Waals surface area contributed by atoms with Gasteiger partial charge in [-0.1, -0.05) is 23.2 Å². The van der Waals surface area contributed by atoms with Gasteiger partial charge in [0.2, 0.25) is 5.91 Å². The molecular weight excluding hydrogens is 481 g/mol. The first-order valence-electron chi connectivity index (χ1n) is 11.2. The van der Waals surface area contributed by atoms with Crippen molar-refractivity contribution in [1.29, 1.82) is 0 Å². The Hall–Kier alpha value is -2.62. The normalized spacial score (nSPS) is 19.3. The van der Waals surface area contributed by atoms with Crippen molar-refractivity contribution >= 4 is 35.0 Å². The van der Waals surface area contributed by atoms with Crippen LogP contribution < -0.4 is 15.7 Å². The number of piperidine rings is 1. The summed E-state index contributed by atoms with van der Waals surface area (Å²) in [6.45, 7) is 3.05. The summed E-state index contributed by atoms with van der Waals surface area (Å²) < 4.78 is 5.33. The van der Waals surface area contributed by atoms with E-state index >= 15 is 0 Å². The molecule has 0 radical (unpaired) electrons. The predicted octanol–water partition coefficient (Wildman–Crippen LogP) is 2.30. The smallest absolute Gasteiger partial charge is 0.347 e. The molecule has 4 rings (SSSR count). The number of rotatable bonds is 6. The zero-order valence-corrected chi connectivity index (χ0v) is 20.4. The van der Waals surface area contributed by atoms with Gasteiger partial charge in [0.15, 0.2) is 5.88 Å². The van der Waals surface area contributed by atoms with Crippen molar-refractivity contribution in [3.8, 4) is 5.88 Å². The molecule has 1 atom stereocenters. The average molecular weight is 508 g/mol. The number of likely N-dealkylation sites (tertiary alicyclic amines) is 2. The molecule has 2 saturated heterocycles. The molecule has 1 unspecified atom stereocenters. The van der Waals surface area contributed by atoms with Crippen LogP contribution in [0, 0.1) is 0 Å². The summed E-state index contributed by atoms with van der Waals surface area (Å²) in [5.74, 6) is 0.289. The minimum absolute atomic E-state index is 0.0626. The lowest BCUT2D eigenvalue weighted by atomic mass is 9.90. The highest BCUT2D eigenvalue weighted by Crippen LogP contribution is 2.33. The van der Waals surface area contributed by atoms with Crippen molar-refractivity contribution in [3.63, 3.8) is 0 Å². The number of benzene rings is 1. The second kappa shape index (κ2) is 10.8. The van der Waals surface area contributed by atoms with Gasteiger partial charge in [-0.3, -0.25) is 19.5 Å². The number of carbonyl (C=O) groups is 2. The van der Waals surface area contributed by atoms with Crippen LogP contribution in [0.4, 0.5) is 0 Å². The summed E-state index contributed by atoms with van der Waals surface area (Å²) in [4.78, 5) is 47.2. The standard InChI is InChI=1S/C23H27Cl2N5O4/c1-34-22-17(11-27-23(33)28-22)14-4-7-29(8-5-14)16-6-9-30(13-16)20(31)12-26-21(32)15-2-3-18(24)19(25)10-15/h2-3,10-11,14,16H,4-9,12-13H2,1H3,(H,26,32)(H,27,28,33). The van der Waals surface area contributed by atoms with Crippen molar-refractivity contribution in [2.24, 2.45) is 0 Å². The van der Waals surface area contributed by atoms with Gasteiger partial charge in [0.05, 0.1) is 23.7 Å². The maximum atomic E-state index is 12.7. The van der Waals surface area contributed by atoms with E-state index in [1.54, 1.807) is 30.3 Å². The summed E-state index contributed by atoms with van der Waals surface area (Å²) >= 11 is 11.8. The van der Waals surface area contributed by atoms with Crippen LogP contribution in [0.15, 0.2) is 29.2 Å².